The maximum Gasteiger partial charge on any atom is 0.433 e. The first-order valence-corrected chi connectivity index (χ1v) is 5.56. The summed E-state index contributed by atoms with van der Waals surface area (Å²) in [4.78, 5) is 14.3. The second-order valence-electron chi connectivity index (χ2n) is 4.00. The van der Waals surface area contributed by atoms with Crippen LogP contribution in [0, 0.1) is 0 Å². The lowest BCUT2D eigenvalue weighted by Gasteiger charge is -2.10. The highest BCUT2D eigenvalue weighted by molar-refractivity contribution is 5.93. The van der Waals surface area contributed by atoms with Crippen LogP contribution in [0.1, 0.15) is 16.1 Å². The van der Waals surface area contributed by atoms with Crippen LogP contribution in [0.2, 0.25) is 0 Å². The molecule has 0 aliphatic carbocycles. The summed E-state index contributed by atoms with van der Waals surface area (Å²) >= 11 is 0. The molecule has 7 heteroatoms. The molecular formula is C13H10F3N3O. The molecule has 4 nitrogen and oxygen atoms in total. The molecule has 1 aromatic carbocycles. The quantitative estimate of drug-likeness (QED) is 0.908. The second kappa shape index (κ2) is 5.20. The molecule has 104 valence electrons. The van der Waals surface area contributed by atoms with Crippen molar-refractivity contribution in [3.63, 3.8) is 0 Å². The summed E-state index contributed by atoms with van der Waals surface area (Å²) in [6.07, 6.45) is -3.45. The number of halogens is 3. The van der Waals surface area contributed by atoms with Gasteiger partial charge in [0.2, 0.25) is 5.91 Å². The van der Waals surface area contributed by atoms with Gasteiger partial charge in [0.25, 0.3) is 0 Å². The molecule has 3 N–H and O–H groups in total. The summed E-state index contributed by atoms with van der Waals surface area (Å²) in [6, 6.07) is 8.44. The maximum atomic E-state index is 12.5. The molecule has 2 aromatic rings. The Labute approximate surface area is 112 Å². The number of rotatable bonds is 3. The zero-order chi connectivity index (χ0) is 14.8. The highest BCUT2D eigenvalue weighted by Gasteiger charge is 2.32. The number of amides is 1. The van der Waals surface area contributed by atoms with Crippen molar-refractivity contribution in [1.82, 2.24) is 4.98 Å². The number of anilines is 2. The topological polar surface area (TPSA) is 68.0 Å². The van der Waals surface area contributed by atoms with Crippen molar-refractivity contribution in [2.75, 3.05) is 5.32 Å². The molecule has 0 unspecified atom stereocenters. The number of aromatic nitrogens is 1. The van der Waals surface area contributed by atoms with E-state index in [4.69, 9.17) is 5.73 Å². The van der Waals surface area contributed by atoms with E-state index in [1.54, 1.807) is 12.1 Å². The van der Waals surface area contributed by atoms with Crippen LogP contribution in [-0.4, -0.2) is 10.9 Å². The van der Waals surface area contributed by atoms with E-state index in [1.807, 2.05) is 0 Å². The first-order chi connectivity index (χ1) is 9.36. The monoisotopic (exact) mass is 281 g/mol. The van der Waals surface area contributed by atoms with Gasteiger partial charge in [-0.1, -0.05) is 6.07 Å². The Balaban J connectivity index is 2.26. The van der Waals surface area contributed by atoms with E-state index in [0.717, 1.165) is 12.3 Å². The van der Waals surface area contributed by atoms with Gasteiger partial charge in [-0.05, 0) is 30.3 Å². The van der Waals surface area contributed by atoms with Gasteiger partial charge in [-0.25, -0.2) is 0 Å². The molecule has 2 rings (SSSR count). The number of nitrogens with one attached hydrogen (secondary N) is 1. The molecule has 0 aliphatic rings. The van der Waals surface area contributed by atoms with Gasteiger partial charge >= 0.3 is 6.18 Å². The Morgan fingerprint density at radius 2 is 1.85 bits per heavy atom. The van der Waals surface area contributed by atoms with Crippen molar-refractivity contribution in [1.29, 1.82) is 0 Å². The molecule has 0 aliphatic heterocycles. The first kappa shape index (κ1) is 13.9. The predicted molar refractivity (Wildman–Crippen MR) is 67.5 cm³/mol. The third kappa shape index (κ3) is 3.25. The van der Waals surface area contributed by atoms with Crippen LogP contribution >= 0.6 is 0 Å². The molecule has 1 aromatic heterocycles. The molecule has 1 amide bonds. The van der Waals surface area contributed by atoms with Crippen LogP contribution < -0.4 is 11.1 Å². The molecule has 0 saturated carbocycles. The van der Waals surface area contributed by atoms with Gasteiger partial charge in [-0.3, -0.25) is 9.78 Å². The third-order valence-electron chi connectivity index (χ3n) is 2.49. The number of benzene rings is 1. The average Bonchev–Trinajstić information content (AvgIpc) is 2.38. The number of carbonyl (C=O) groups excluding carboxylic acids is 1. The number of hydrogen-bond acceptors (Lipinski definition) is 3. The molecule has 0 atom stereocenters. The highest BCUT2D eigenvalue weighted by Crippen LogP contribution is 2.29. The van der Waals surface area contributed by atoms with Crippen molar-refractivity contribution in [2.24, 2.45) is 5.73 Å². The fourth-order valence-corrected chi connectivity index (χ4v) is 1.58. The van der Waals surface area contributed by atoms with E-state index in [0.29, 0.717) is 5.69 Å². The number of alkyl halides is 3. The minimum absolute atomic E-state index is 0.217. The van der Waals surface area contributed by atoms with Crippen LogP contribution in [-0.2, 0) is 6.18 Å². The Morgan fingerprint density at radius 1 is 1.15 bits per heavy atom. The summed E-state index contributed by atoms with van der Waals surface area (Å²) in [7, 11) is 0. The standard InChI is InChI=1S/C13H10F3N3O/c14-13(15,16)11-7-10(4-5-18-11)19-9-3-1-2-8(6-9)12(17)20/h1-7H,(H2,17,20)(H,18,19). The molecule has 1 heterocycles. The minimum atomic E-state index is -4.51. The average molecular weight is 281 g/mol. The Morgan fingerprint density at radius 3 is 2.50 bits per heavy atom. The number of carbonyl (C=O) groups is 1. The van der Waals surface area contributed by atoms with E-state index in [2.05, 4.69) is 10.3 Å². The second-order valence-corrected chi connectivity index (χ2v) is 4.00. The number of nitrogens with zero attached hydrogens (tertiary/aromatic N) is 1. The molecule has 0 radical (unpaired) electrons. The zero-order valence-corrected chi connectivity index (χ0v) is 10.1. The van der Waals surface area contributed by atoms with Crippen molar-refractivity contribution in [2.45, 2.75) is 6.18 Å². The first-order valence-electron chi connectivity index (χ1n) is 5.56. The zero-order valence-electron chi connectivity index (χ0n) is 10.1. The number of nitrogens with two attached hydrogens (primary N) is 1. The van der Waals surface area contributed by atoms with Gasteiger partial charge in [0.15, 0.2) is 0 Å². The number of pyridine rings is 1. The molecular weight excluding hydrogens is 271 g/mol. The minimum Gasteiger partial charge on any atom is -0.366 e. The van der Waals surface area contributed by atoms with E-state index < -0.39 is 17.8 Å². The molecule has 0 fully saturated rings. The van der Waals surface area contributed by atoms with Crippen molar-refractivity contribution >= 4 is 17.3 Å². The third-order valence-corrected chi connectivity index (χ3v) is 2.49. The van der Waals surface area contributed by atoms with Crippen LogP contribution in [0.25, 0.3) is 0 Å². The fourth-order valence-electron chi connectivity index (χ4n) is 1.58. The number of hydrogen-bond donors (Lipinski definition) is 2. The molecule has 20 heavy (non-hydrogen) atoms. The van der Waals surface area contributed by atoms with Crippen molar-refractivity contribution in [3.05, 3.63) is 53.9 Å². The van der Waals surface area contributed by atoms with E-state index >= 15 is 0 Å². The van der Waals surface area contributed by atoms with Gasteiger partial charge in [-0.2, -0.15) is 13.2 Å². The Hall–Kier alpha value is -2.57. The Bertz CT molecular complexity index is 641. The van der Waals surface area contributed by atoms with Crippen LogP contribution in [0.3, 0.4) is 0 Å². The normalized spacial score (nSPS) is 11.2. The lowest BCUT2D eigenvalue weighted by atomic mass is 10.2. The molecule has 0 saturated heterocycles. The van der Waals surface area contributed by atoms with Gasteiger partial charge in [0.1, 0.15) is 5.69 Å². The fraction of sp³-hybridized carbons (Fsp3) is 0.0769. The number of primary amides is 1. The van der Waals surface area contributed by atoms with Gasteiger partial charge in [-0.15, -0.1) is 0 Å². The van der Waals surface area contributed by atoms with Gasteiger partial charge < -0.3 is 11.1 Å². The van der Waals surface area contributed by atoms with Gasteiger partial charge in [0, 0.05) is 23.1 Å². The van der Waals surface area contributed by atoms with Crippen LogP contribution in [0.4, 0.5) is 24.5 Å². The summed E-state index contributed by atoms with van der Waals surface area (Å²) in [5, 5.41) is 2.76. The lowest BCUT2D eigenvalue weighted by Crippen LogP contribution is -2.11. The maximum absolute atomic E-state index is 12.5. The molecule has 0 spiro atoms. The summed E-state index contributed by atoms with van der Waals surface area (Å²) in [6.45, 7) is 0. The smallest absolute Gasteiger partial charge is 0.366 e. The largest absolute Gasteiger partial charge is 0.433 e. The SMILES string of the molecule is NC(=O)c1cccc(Nc2ccnc(C(F)(F)F)c2)c1. The predicted octanol–water partition coefficient (Wildman–Crippen LogP) is 2.94. The summed E-state index contributed by atoms with van der Waals surface area (Å²) in [5.74, 6) is -0.612. The lowest BCUT2D eigenvalue weighted by molar-refractivity contribution is -0.141. The van der Waals surface area contributed by atoms with E-state index in [1.165, 1.54) is 18.2 Å². The Kier molecular flexibility index (Phi) is 3.60. The molecule has 0 bridgehead atoms. The highest BCUT2D eigenvalue weighted by atomic mass is 19.4. The van der Waals surface area contributed by atoms with Crippen molar-refractivity contribution < 1.29 is 18.0 Å². The summed E-state index contributed by atoms with van der Waals surface area (Å²) in [5.41, 5.74) is 5.08. The van der Waals surface area contributed by atoms with Gasteiger partial charge in [0.05, 0.1) is 0 Å². The van der Waals surface area contributed by atoms with Crippen LogP contribution in [0.5, 0.6) is 0 Å². The van der Waals surface area contributed by atoms with Crippen LogP contribution in [0.15, 0.2) is 42.6 Å². The van der Waals surface area contributed by atoms with Crippen molar-refractivity contribution in [3.8, 4) is 0 Å². The summed E-state index contributed by atoms with van der Waals surface area (Å²) < 4.78 is 37.6. The van der Waals surface area contributed by atoms with E-state index in [-0.39, 0.29) is 11.3 Å². The van der Waals surface area contributed by atoms with E-state index in [9.17, 15) is 18.0 Å².